The van der Waals surface area contributed by atoms with E-state index in [4.69, 9.17) is 0 Å². The van der Waals surface area contributed by atoms with E-state index >= 15 is 0 Å². The topological polar surface area (TPSA) is 49.3 Å². The monoisotopic (exact) mass is 255 g/mol. The van der Waals surface area contributed by atoms with E-state index in [0.29, 0.717) is 16.8 Å². The molecule has 0 heterocycles. The molecule has 0 saturated carbocycles. The van der Waals surface area contributed by atoms with Crippen LogP contribution in [0.4, 0.5) is 5.69 Å². The number of anilines is 1. The highest BCUT2D eigenvalue weighted by Gasteiger charge is 2.09. The number of phenols is 1. The van der Waals surface area contributed by atoms with Crippen LogP contribution in [-0.2, 0) is 0 Å². The van der Waals surface area contributed by atoms with Crippen LogP contribution in [0.1, 0.15) is 27.0 Å². The molecule has 19 heavy (non-hydrogen) atoms. The second-order valence-electron chi connectivity index (χ2n) is 4.70. The summed E-state index contributed by atoms with van der Waals surface area (Å²) in [4.78, 5) is 12.1. The maximum Gasteiger partial charge on any atom is 0.255 e. The maximum atomic E-state index is 12.1. The van der Waals surface area contributed by atoms with Crippen LogP contribution in [0.5, 0.6) is 5.75 Å². The highest BCUT2D eigenvalue weighted by atomic mass is 16.3. The fourth-order valence-corrected chi connectivity index (χ4v) is 1.84. The molecule has 1 amide bonds. The highest BCUT2D eigenvalue weighted by molar-refractivity contribution is 6.04. The van der Waals surface area contributed by atoms with Crippen molar-refractivity contribution in [2.75, 3.05) is 5.32 Å². The van der Waals surface area contributed by atoms with Crippen molar-refractivity contribution in [2.24, 2.45) is 0 Å². The minimum absolute atomic E-state index is 0.170. The van der Waals surface area contributed by atoms with Gasteiger partial charge in [-0.05, 0) is 56.2 Å². The number of aromatic hydroxyl groups is 1. The lowest BCUT2D eigenvalue weighted by Crippen LogP contribution is -2.13. The zero-order valence-corrected chi connectivity index (χ0v) is 11.3. The van der Waals surface area contributed by atoms with Crippen LogP contribution in [-0.4, -0.2) is 11.0 Å². The van der Waals surface area contributed by atoms with Crippen LogP contribution in [0.2, 0.25) is 0 Å². The Kier molecular flexibility index (Phi) is 3.56. The number of amides is 1. The lowest BCUT2D eigenvalue weighted by molar-refractivity contribution is 0.102. The fraction of sp³-hybridized carbons (Fsp3) is 0.188. The van der Waals surface area contributed by atoms with Gasteiger partial charge in [-0.3, -0.25) is 4.79 Å². The third kappa shape index (κ3) is 2.76. The highest BCUT2D eigenvalue weighted by Crippen LogP contribution is 2.24. The predicted octanol–water partition coefficient (Wildman–Crippen LogP) is 3.57. The molecule has 0 aromatic heterocycles. The van der Waals surface area contributed by atoms with Crippen molar-refractivity contribution < 1.29 is 9.90 Å². The largest absolute Gasteiger partial charge is 0.508 e. The number of hydrogen-bond donors (Lipinski definition) is 2. The molecule has 2 N–H and O–H groups in total. The Hall–Kier alpha value is -2.29. The Balaban J connectivity index is 2.26. The first-order valence-corrected chi connectivity index (χ1v) is 6.16. The van der Waals surface area contributed by atoms with Crippen LogP contribution >= 0.6 is 0 Å². The van der Waals surface area contributed by atoms with Crippen molar-refractivity contribution in [2.45, 2.75) is 20.8 Å². The van der Waals surface area contributed by atoms with Gasteiger partial charge in [0.25, 0.3) is 5.91 Å². The number of aryl methyl sites for hydroxylation is 2. The Labute approximate surface area is 112 Å². The molecule has 0 bridgehead atoms. The predicted molar refractivity (Wildman–Crippen MR) is 76.7 cm³/mol. The Bertz CT molecular complexity index is 633. The van der Waals surface area contributed by atoms with Gasteiger partial charge in [-0.25, -0.2) is 0 Å². The van der Waals surface area contributed by atoms with E-state index in [1.807, 2.05) is 26.0 Å². The lowest BCUT2D eigenvalue weighted by Gasteiger charge is -2.10. The van der Waals surface area contributed by atoms with E-state index in [9.17, 15) is 9.90 Å². The first-order chi connectivity index (χ1) is 8.99. The van der Waals surface area contributed by atoms with E-state index in [1.54, 1.807) is 31.2 Å². The van der Waals surface area contributed by atoms with Crippen LogP contribution < -0.4 is 5.32 Å². The van der Waals surface area contributed by atoms with E-state index < -0.39 is 0 Å². The first-order valence-electron chi connectivity index (χ1n) is 6.16. The summed E-state index contributed by atoms with van der Waals surface area (Å²) in [6, 6.07) is 10.7. The quantitative estimate of drug-likeness (QED) is 0.861. The van der Waals surface area contributed by atoms with Gasteiger partial charge in [-0.1, -0.05) is 12.1 Å². The molecule has 3 nitrogen and oxygen atoms in total. The number of nitrogens with one attached hydrogen (secondary N) is 1. The van der Waals surface area contributed by atoms with Crippen LogP contribution in [0.3, 0.4) is 0 Å². The van der Waals surface area contributed by atoms with Crippen LogP contribution in [0.25, 0.3) is 0 Å². The molecule has 0 fully saturated rings. The molecule has 0 spiro atoms. The summed E-state index contributed by atoms with van der Waals surface area (Å²) in [7, 11) is 0. The van der Waals surface area contributed by atoms with Crippen molar-refractivity contribution in [1.29, 1.82) is 0 Å². The minimum atomic E-state index is -0.170. The van der Waals surface area contributed by atoms with Gasteiger partial charge < -0.3 is 10.4 Å². The summed E-state index contributed by atoms with van der Waals surface area (Å²) >= 11 is 0. The SMILES string of the molecule is Cc1ccc(C(=O)Nc2cccc(O)c2C)cc1C. The number of benzene rings is 2. The van der Waals surface area contributed by atoms with Crippen LogP contribution in [0, 0.1) is 20.8 Å². The van der Waals surface area contributed by atoms with Crippen molar-refractivity contribution >= 4 is 11.6 Å². The van der Waals surface area contributed by atoms with E-state index in [0.717, 1.165) is 11.1 Å². The van der Waals surface area contributed by atoms with E-state index in [1.165, 1.54) is 0 Å². The number of phenolic OH excluding ortho intramolecular Hbond substituents is 1. The third-order valence-corrected chi connectivity index (χ3v) is 3.32. The van der Waals surface area contributed by atoms with Crippen molar-refractivity contribution in [1.82, 2.24) is 0 Å². The zero-order chi connectivity index (χ0) is 14.0. The zero-order valence-electron chi connectivity index (χ0n) is 11.3. The molecule has 0 atom stereocenters. The molecular weight excluding hydrogens is 238 g/mol. The van der Waals surface area contributed by atoms with Gasteiger partial charge >= 0.3 is 0 Å². The van der Waals surface area contributed by atoms with Gasteiger partial charge in [0.15, 0.2) is 0 Å². The second-order valence-corrected chi connectivity index (χ2v) is 4.70. The third-order valence-electron chi connectivity index (χ3n) is 3.32. The van der Waals surface area contributed by atoms with E-state index in [2.05, 4.69) is 5.32 Å². The Morgan fingerprint density at radius 3 is 2.47 bits per heavy atom. The van der Waals surface area contributed by atoms with Gasteiger partial charge in [-0.2, -0.15) is 0 Å². The number of carbonyl (C=O) groups excluding carboxylic acids is 1. The number of rotatable bonds is 2. The van der Waals surface area contributed by atoms with Crippen molar-refractivity contribution in [3.63, 3.8) is 0 Å². The van der Waals surface area contributed by atoms with Crippen molar-refractivity contribution in [3.05, 3.63) is 58.7 Å². The molecule has 3 heteroatoms. The summed E-state index contributed by atoms with van der Waals surface area (Å²) in [5.41, 5.74) is 4.15. The summed E-state index contributed by atoms with van der Waals surface area (Å²) in [6.07, 6.45) is 0. The van der Waals surface area contributed by atoms with Gasteiger partial charge in [-0.15, -0.1) is 0 Å². The molecule has 0 radical (unpaired) electrons. The molecule has 0 aliphatic carbocycles. The summed E-state index contributed by atoms with van der Waals surface area (Å²) in [5.74, 6) is 0.00897. The normalized spacial score (nSPS) is 10.3. The molecule has 2 aromatic carbocycles. The first kappa shape index (κ1) is 13.1. The van der Waals surface area contributed by atoms with Gasteiger partial charge in [0.2, 0.25) is 0 Å². The molecule has 0 unspecified atom stereocenters. The molecule has 98 valence electrons. The molecule has 2 rings (SSSR count). The fourth-order valence-electron chi connectivity index (χ4n) is 1.84. The van der Waals surface area contributed by atoms with Gasteiger partial charge in [0, 0.05) is 16.8 Å². The Morgan fingerprint density at radius 1 is 1.05 bits per heavy atom. The average Bonchev–Trinajstić information content (AvgIpc) is 2.38. The smallest absolute Gasteiger partial charge is 0.255 e. The molecule has 0 saturated heterocycles. The van der Waals surface area contributed by atoms with Crippen LogP contribution in [0.15, 0.2) is 36.4 Å². The number of carbonyl (C=O) groups is 1. The van der Waals surface area contributed by atoms with E-state index in [-0.39, 0.29) is 11.7 Å². The summed E-state index contributed by atoms with van der Waals surface area (Å²) < 4.78 is 0. The standard InChI is InChI=1S/C16H17NO2/c1-10-7-8-13(9-11(10)2)16(19)17-14-5-4-6-15(18)12(14)3/h4-9,18H,1-3H3,(H,17,19). The molecule has 0 aliphatic rings. The maximum absolute atomic E-state index is 12.1. The molecule has 0 aliphatic heterocycles. The summed E-state index contributed by atoms with van der Waals surface area (Å²) in [5, 5.41) is 12.4. The Morgan fingerprint density at radius 2 is 1.79 bits per heavy atom. The summed E-state index contributed by atoms with van der Waals surface area (Å²) in [6.45, 7) is 5.76. The minimum Gasteiger partial charge on any atom is -0.508 e. The second kappa shape index (κ2) is 5.14. The number of hydrogen-bond acceptors (Lipinski definition) is 2. The molecular formula is C16H17NO2. The van der Waals surface area contributed by atoms with Crippen molar-refractivity contribution in [3.8, 4) is 5.75 Å². The average molecular weight is 255 g/mol. The van der Waals surface area contributed by atoms with Gasteiger partial charge in [0.05, 0.1) is 0 Å². The van der Waals surface area contributed by atoms with Gasteiger partial charge in [0.1, 0.15) is 5.75 Å². The molecule has 2 aromatic rings. The lowest BCUT2D eigenvalue weighted by atomic mass is 10.1.